The number of amides is 1. The number of carbonyl (C=O) groups is 1. The van der Waals surface area contributed by atoms with Crippen LogP contribution in [0.2, 0.25) is 5.02 Å². The Morgan fingerprint density at radius 3 is 2.36 bits per heavy atom. The number of anilines is 1. The summed E-state index contributed by atoms with van der Waals surface area (Å²) in [5.41, 5.74) is 1.57. The summed E-state index contributed by atoms with van der Waals surface area (Å²) in [5, 5.41) is 12.7. The SMILES string of the molecule is COc1ccc(OCc2nnc(SCC(=O)Nc3ccc(Cl)cc3)n2-c2ccccc2)cc1. The van der Waals surface area contributed by atoms with E-state index in [2.05, 4.69) is 15.5 Å². The zero-order valence-corrected chi connectivity index (χ0v) is 19.3. The van der Waals surface area contributed by atoms with Gasteiger partial charge in [-0.2, -0.15) is 0 Å². The van der Waals surface area contributed by atoms with Crippen LogP contribution < -0.4 is 14.8 Å². The van der Waals surface area contributed by atoms with Crippen molar-refractivity contribution in [1.82, 2.24) is 14.8 Å². The highest BCUT2D eigenvalue weighted by Crippen LogP contribution is 2.24. The molecule has 0 bridgehead atoms. The molecular formula is C24H21ClN4O3S. The number of ether oxygens (including phenoxy) is 2. The molecule has 9 heteroatoms. The van der Waals surface area contributed by atoms with Crippen LogP contribution in [0.15, 0.2) is 84.0 Å². The van der Waals surface area contributed by atoms with Crippen LogP contribution in [0.1, 0.15) is 5.82 Å². The predicted octanol–water partition coefficient (Wildman–Crippen LogP) is 5.24. The number of benzene rings is 3. The van der Waals surface area contributed by atoms with Gasteiger partial charge in [0.2, 0.25) is 5.91 Å². The first-order valence-corrected chi connectivity index (χ1v) is 11.4. The molecule has 33 heavy (non-hydrogen) atoms. The van der Waals surface area contributed by atoms with Gasteiger partial charge >= 0.3 is 0 Å². The number of rotatable bonds is 9. The number of para-hydroxylation sites is 1. The summed E-state index contributed by atoms with van der Waals surface area (Å²) in [6.45, 7) is 0.214. The molecule has 1 aromatic heterocycles. The van der Waals surface area contributed by atoms with Crippen molar-refractivity contribution in [3.05, 3.63) is 89.7 Å². The van der Waals surface area contributed by atoms with E-state index in [1.54, 1.807) is 31.4 Å². The molecule has 1 amide bonds. The van der Waals surface area contributed by atoms with Gasteiger partial charge in [-0.15, -0.1) is 10.2 Å². The van der Waals surface area contributed by atoms with Crippen molar-refractivity contribution in [1.29, 1.82) is 0 Å². The third-order valence-corrected chi connectivity index (χ3v) is 5.78. The number of hydrogen-bond acceptors (Lipinski definition) is 6. The number of halogens is 1. The largest absolute Gasteiger partial charge is 0.497 e. The Balaban J connectivity index is 1.47. The monoisotopic (exact) mass is 480 g/mol. The highest BCUT2D eigenvalue weighted by atomic mass is 35.5. The van der Waals surface area contributed by atoms with Crippen LogP contribution in [0.5, 0.6) is 11.5 Å². The average Bonchev–Trinajstić information content (AvgIpc) is 3.26. The van der Waals surface area contributed by atoms with E-state index in [1.165, 1.54) is 11.8 Å². The highest BCUT2D eigenvalue weighted by Gasteiger charge is 2.16. The molecule has 0 aliphatic heterocycles. The van der Waals surface area contributed by atoms with Crippen LogP contribution in [0.25, 0.3) is 5.69 Å². The molecule has 0 saturated carbocycles. The molecule has 7 nitrogen and oxygen atoms in total. The number of thioether (sulfide) groups is 1. The third-order valence-electron chi connectivity index (χ3n) is 4.60. The Hall–Kier alpha value is -3.49. The lowest BCUT2D eigenvalue weighted by atomic mass is 10.3. The second-order valence-corrected chi connectivity index (χ2v) is 8.26. The molecule has 0 unspecified atom stereocenters. The zero-order valence-electron chi connectivity index (χ0n) is 17.8. The van der Waals surface area contributed by atoms with Crippen LogP contribution in [-0.4, -0.2) is 33.5 Å². The quantitative estimate of drug-likeness (QED) is 0.330. The number of methoxy groups -OCH3 is 1. The summed E-state index contributed by atoms with van der Waals surface area (Å²) in [6.07, 6.45) is 0. The summed E-state index contributed by atoms with van der Waals surface area (Å²) in [6, 6.07) is 24.0. The van der Waals surface area contributed by atoms with E-state index in [9.17, 15) is 4.79 Å². The number of nitrogens with one attached hydrogen (secondary N) is 1. The van der Waals surface area contributed by atoms with Crippen molar-refractivity contribution in [3.63, 3.8) is 0 Å². The van der Waals surface area contributed by atoms with Gasteiger partial charge in [-0.3, -0.25) is 9.36 Å². The molecule has 0 aliphatic rings. The van der Waals surface area contributed by atoms with Gasteiger partial charge in [0.25, 0.3) is 0 Å². The number of hydrogen-bond donors (Lipinski definition) is 1. The van der Waals surface area contributed by atoms with Gasteiger partial charge < -0.3 is 14.8 Å². The van der Waals surface area contributed by atoms with Crippen LogP contribution >= 0.6 is 23.4 Å². The molecule has 0 saturated heterocycles. The zero-order chi connectivity index (χ0) is 23.0. The van der Waals surface area contributed by atoms with Crippen molar-refractivity contribution in [2.75, 3.05) is 18.2 Å². The maximum atomic E-state index is 12.4. The smallest absolute Gasteiger partial charge is 0.234 e. The Morgan fingerprint density at radius 2 is 1.67 bits per heavy atom. The topological polar surface area (TPSA) is 78.3 Å². The molecule has 0 radical (unpaired) electrons. The Kier molecular flexibility index (Phi) is 7.49. The fourth-order valence-electron chi connectivity index (χ4n) is 3.00. The molecule has 168 valence electrons. The second-order valence-electron chi connectivity index (χ2n) is 6.88. The third kappa shape index (κ3) is 6.06. The first-order chi connectivity index (χ1) is 16.1. The summed E-state index contributed by atoms with van der Waals surface area (Å²) < 4.78 is 13.0. The van der Waals surface area contributed by atoms with Crippen LogP contribution in [-0.2, 0) is 11.4 Å². The standard InChI is InChI=1S/C24H21ClN4O3S/c1-31-20-11-13-21(14-12-20)32-15-22-27-28-24(29(22)19-5-3-2-4-6-19)33-16-23(30)26-18-9-7-17(25)8-10-18/h2-14H,15-16H2,1H3,(H,26,30). The molecule has 0 atom stereocenters. The van der Waals surface area contributed by atoms with E-state index in [0.717, 1.165) is 11.4 Å². The van der Waals surface area contributed by atoms with Crippen LogP contribution in [0.3, 0.4) is 0 Å². The lowest BCUT2D eigenvalue weighted by Crippen LogP contribution is -2.14. The van der Waals surface area contributed by atoms with Gasteiger partial charge in [0.15, 0.2) is 11.0 Å². The van der Waals surface area contributed by atoms with Crippen molar-refractivity contribution < 1.29 is 14.3 Å². The fourth-order valence-corrected chi connectivity index (χ4v) is 3.90. The maximum absolute atomic E-state index is 12.4. The van der Waals surface area contributed by atoms with Gasteiger partial charge in [0, 0.05) is 16.4 Å². The minimum absolute atomic E-state index is 0.152. The van der Waals surface area contributed by atoms with Crippen molar-refractivity contribution in [3.8, 4) is 17.2 Å². The van der Waals surface area contributed by atoms with Crippen molar-refractivity contribution in [2.24, 2.45) is 0 Å². The van der Waals surface area contributed by atoms with Crippen LogP contribution in [0.4, 0.5) is 5.69 Å². The molecule has 0 aliphatic carbocycles. The summed E-state index contributed by atoms with van der Waals surface area (Å²) >= 11 is 7.19. The van der Waals surface area contributed by atoms with E-state index in [1.807, 2.05) is 59.2 Å². The lowest BCUT2D eigenvalue weighted by molar-refractivity contribution is -0.113. The number of carbonyl (C=O) groups excluding carboxylic acids is 1. The summed E-state index contributed by atoms with van der Waals surface area (Å²) in [5.74, 6) is 2.09. The van der Waals surface area contributed by atoms with E-state index in [-0.39, 0.29) is 18.3 Å². The molecular weight excluding hydrogens is 460 g/mol. The van der Waals surface area contributed by atoms with Gasteiger partial charge in [-0.05, 0) is 60.7 Å². The van der Waals surface area contributed by atoms with E-state index in [4.69, 9.17) is 21.1 Å². The average molecular weight is 481 g/mol. The normalized spacial score (nSPS) is 10.6. The molecule has 3 aromatic carbocycles. The molecule has 0 fully saturated rings. The molecule has 4 aromatic rings. The highest BCUT2D eigenvalue weighted by molar-refractivity contribution is 7.99. The summed E-state index contributed by atoms with van der Waals surface area (Å²) in [4.78, 5) is 12.4. The van der Waals surface area contributed by atoms with E-state index in [0.29, 0.717) is 27.4 Å². The van der Waals surface area contributed by atoms with Crippen molar-refractivity contribution >= 4 is 35.0 Å². The minimum atomic E-state index is -0.152. The first-order valence-electron chi connectivity index (χ1n) is 10.1. The molecule has 4 rings (SSSR count). The van der Waals surface area contributed by atoms with Gasteiger partial charge in [-0.25, -0.2) is 0 Å². The van der Waals surface area contributed by atoms with E-state index >= 15 is 0 Å². The van der Waals surface area contributed by atoms with Gasteiger partial charge in [0.1, 0.15) is 18.1 Å². The van der Waals surface area contributed by atoms with Crippen molar-refractivity contribution in [2.45, 2.75) is 11.8 Å². The summed E-state index contributed by atoms with van der Waals surface area (Å²) in [7, 11) is 1.62. The molecule has 1 heterocycles. The Morgan fingerprint density at radius 1 is 0.970 bits per heavy atom. The lowest BCUT2D eigenvalue weighted by Gasteiger charge is -2.11. The maximum Gasteiger partial charge on any atom is 0.234 e. The minimum Gasteiger partial charge on any atom is -0.497 e. The predicted molar refractivity (Wildman–Crippen MR) is 129 cm³/mol. The van der Waals surface area contributed by atoms with Gasteiger partial charge in [0.05, 0.1) is 12.9 Å². The first kappa shape index (κ1) is 22.7. The Bertz CT molecular complexity index is 1200. The fraction of sp³-hybridized carbons (Fsp3) is 0.125. The molecule has 1 N–H and O–H groups in total. The number of nitrogens with zero attached hydrogens (tertiary/aromatic N) is 3. The second kappa shape index (κ2) is 10.9. The molecule has 0 spiro atoms. The van der Waals surface area contributed by atoms with E-state index < -0.39 is 0 Å². The van der Waals surface area contributed by atoms with Gasteiger partial charge in [-0.1, -0.05) is 41.6 Å². The number of aromatic nitrogens is 3. The Labute approximate surface area is 200 Å². The van der Waals surface area contributed by atoms with Crippen LogP contribution in [0, 0.1) is 0 Å².